The number of rotatable bonds is 0. The summed E-state index contributed by atoms with van der Waals surface area (Å²) in [5.74, 6) is 0. The van der Waals surface area contributed by atoms with Crippen molar-refractivity contribution in [2.45, 2.75) is 0 Å². The Kier molecular flexibility index (Phi) is 316. The van der Waals surface area contributed by atoms with Gasteiger partial charge in [-0.25, -0.2) is 0 Å². The molecule has 0 aliphatic carbocycles. The van der Waals surface area contributed by atoms with Crippen molar-refractivity contribution in [1.29, 1.82) is 0 Å². The molecule has 0 unspecified atom stereocenters. The van der Waals surface area contributed by atoms with Gasteiger partial charge in [0.2, 0.25) is 0 Å². The fourth-order valence-corrected chi connectivity index (χ4v) is 0. The minimum absolute atomic E-state index is 0. The summed E-state index contributed by atoms with van der Waals surface area (Å²) in [7, 11) is 0. The molecular formula is H13N3O15Y-2. The number of hydrogen-bond donors (Lipinski definition) is 1. The smallest absolute Gasteiger partial charge is 0.291 e. The van der Waals surface area contributed by atoms with Crippen LogP contribution in [0, 0.1) is 40.8 Å². The summed E-state index contributed by atoms with van der Waals surface area (Å²) in [6, 6.07) is 0. The molecule has 0 aliphatic rings. The molecule has 0 saturated heterocycles. The van der Waals surface area contributed by atoms with Crippen molar-refractivity contribution in [1.82, 2.24) is 0 Å². The SMILES string of the molecule is O.O.O.O.O.O.O=[N+]([O-])O.O=[N+]([O-])[O-].O=[N+]([O-])[O-].[Y]. The van der Waals surface area contributed by atoms with Crippen LogP contribution < -0.4 is 0 Å². The topological polar surface area (TPSA) is 385 Å². The van der Waals surface area contributed by atoms with Crippen LogP contribution in [0.3, 0.4) is 0 Å². The number of hydrogen-bond acceptors (Lipinski definition) is 8. The maximum Gasteiger partial charge on any atom is 0.291 e. The molecule has 0 amide bonds. The van der Waals surface area contributed by atoms with E-state index in [1.165, 1.54) is 0 Å². The van der Waals surface area contributed by atoms with Crippen LogP contribution in [-0.2, 0) is 32.7 Å². The Morgan fingerprint density at radius 1 is 0.579 bits per heavy atom. The molecule has 13 N–H and O–H groups in total. The second-order valence-electron chi connectivity index (χ2n) is 0.685. The molecule has 0 spiro atoms. The Balaban J connectivity index is -0.00000000675. The van der Waals surface area contributed by atoms with Gasteiger partial charge in [0.25, 0.3) is 5.09 Å². The average Bonchev–Trinajstić information content (AvgIpc) is 1.54. The Hall–Kier alpha value is -1.54. The van der Waals surface area contributed by atoms with Gasteiger partial charge in [-0.05, 0) is 0 Å². The van der Waals surface area contributed by atoms with Crippen LogP contribution in [0.4, 0.5) is 0 Å². The van der Waals surface area contributed by atoms with Crippen molar-refractivity contribution in [2.75, 3.05) is 0 Å². The summed E-state index contributed by atoms with van der Waals surface area (Å²) in [6.45, 7) is 0. The predicted molar refractivity (Wildman–Crippen MR) is 51.2 cm³/mol. The van der Waals surface area contributed by atoms with Gasteiger partial charge in [0.15, 0.2) is 0 Å². The Bertz CT molecular complexity index is 115. The molecule has 18 nitrogen and oxygen atoms in total. The van der Waals surface area contributed by atoms with E-state index in [2.05, 4.69) is 0 Å². The molecule has 0 heterocycles. The van der Waals surface area contributed by atoms with Crippen molar-refractivity contribution < 1.29 is 86.0 Å². The summed E-state index contributed by atoms with van der Waals surface area (Å²) < 4.78 is 0. The van der Waals surface area contributed by atoms with E-state index >= 15 is 0 Å². The van der Waals surface area contributed by atoms with E-state index in [0.29, 0.717) is 0 Å². The summed E-state index contributed by atoms with van der Waals surface area (Å²) >= 11 is 0. The minimum Gasteiger partial charge on any atom is -0.412 e. The third-order valence-corrected chi connectivity index (χ3v) is 0. The van der Waals surface area contributed by atoms with E-state index in [-0.39, 0.29) is 65.6 Å². The molecule has 0 atom stereocenters. The quantitative estimate of drug-likeness (QED) is 0.306. The van der Waals surface area contributed by atoms with Crippen LogP contribution >= 0.6 is 0 Å². The van der Waals surface area contributed by atoms with Crippen LogP contribution in [0.2, 0.25) is 0 Å². The van der Waals surface area contributed by atoms with Crippen molar-refractivity contribution in [2.24, 2.45) is 0 Å². The largest absolute Gasteiger partial charge is 0.412 e. The third-order valence-electron chi connectivity index (χ3n) is 0. The monoisotopic (exact) mass is 384 g/mol. The van der Waals surface area contributed by atoms with Crippen LogP contribution in [0.25, 0.3) is 0 Å². The zero-order chi connectivity index (χ0) is 10.7. The first-order chi connectivity index (χ1) is 5.20. The molecule has 0 aromatic rings. The van der Waals surface area contributed by atoms with Crippen molar-refractivity contribution in [3.05, 3.63) is 40.8 Å². The molecule has 0 bridgehead atoms. The van der Waals surface area contributed by atoms with Crippen LogP contribution in [0.1, 0.15) is 0 Å². The maximum absolute atomic E-state index is 8.36. The first-order valence-corrected chi connectivity index (χ1v) is 1.66. The average molecular weight is 384 g/mol. The van der Waals surface area contributed by atoms with E-state index < -0.39 is 15.3 Å². The minimum atomic E-state index is -1.75. The molecule has 0 saturated carbocycles. The standard InChI is InChI=1S/HNO3.2NO3.6H2O.Y/c3*2-1(3)4;;;;;;;/h(H,2,3,4);;;6*1H2;/q;2*-1;;;;;;;. The Morgan fingerprint density at radius 3 is 0.579 bits per heavy atom. The summed E-state index contributed by atoms with van der Waals surface area (Å²) in [5.41, 5.74) is 0. The van der Waals surface area contributed by atoms with Crippen molar-refractivity contribution in [3.8, 4) is 0 Å². The van der Waals surface area contributed by atoms with Crippen LogP contribution in [0.15, 0.2) is 0 Å². The second-order valence-corrected chi connectivity index (χ2v) is 0.685. The van der Waals surface area contributed by atoms with Crippen LogP contribution in [-0.4, -0.2) is 53.3 Å². The molecule has 0 rings (SSSR count). The fraction of sp³-hybridized carbons (Fsp3) is 0. The van der Waals surface area contributed by atoms with E-state index in [0.717, 1.165) is 0 Å². The number of nitrogens with zero attached hydrogens (tertiary/aromatic N) is 3. The zero-order valence-corrected chi connectivity index (χ0v) is 11.5. The van der Waals surface area contributed by atoms with Gasteiger partial charge in [-0.3, -0.25) is 0 Å². The van der Waals surface area contributed by atoms with Gasteiger partial charge in [0.1, 0.15) is 0 Å². The summed E-state index contributed by atoms with van der Waals surface area (Å²) in [4.78, 5) is 24.9. The molecule has 0 aromatic carbocycles. The molecule has 0 aliphatic heterocycles. The van der Waals surface area contributed by atoms with E-state index in [1.807, 2.05) is 0 Å². The Labute approximate surface area is 127 Å². The zero-order valence-electron chi connectivity index (χ0n) is 8.63. The van der Waals surface area contributed by atoms with Gasteiger partial charge < -0.3 is 68.7 Å². The first kappa shape index (κ1) is 85.0. The second kappa shape index (κ2) is 70.7. The van der Waals surface area contributed by atoms with Gasteiger partial charge in [0, 0.05) is 32.7 Å². The molecule has 0 aromatic heterocycles. The maximum atomic E-state index is 8.36. The van der Waals surface area contributed by atoms with Crippen molar-refractivity contribution in [3.63, 3.8) is 0 Å². The van der Waals surface area contributed by atoms with Gasteiger partial charge >= 0.3 is 0 Å². The summed E-state index contributed by atoms with van der Waals surface area (Å²) in [5, 5.41) is 43.1. The Morgan fingerprint density at radius 2 is 0.579 bits per heavy atom. The van der Waals surface area contributed by atoms with E-state index in [4.69, 9.17) is 46.0 Å². The molecule has 0 fully saturated rings. The predicted octanol–water partition coefficient (Wildman–Crippen LogP) is -5.78. The first-order valence-electron chi connectivity index (χ1n) is 1.66. The van der Waals surface area contributed by atoms with Crippen molar-refractivity contribution >= 4 is 0 Å². The van der Waals surface area contributed by atoms with E-state index in [1.54, 1.807) is 0 Å². The van der Waals surface area contributed by atoms with Gasteiger partial charge in [-0.2, -0.15) is 0 Å². The van der Waals surface area contributed by atoms with E-state index in [9.17, 15) is 0 Å². The van der Waals surface area contributed by atoms with Gasteiger partial charge in [-0.15, -0.1) is 10.1 Å². The molecule has 19 heteroatoms. The molecule has 123 valence electrons. The van der Waals surface area contributed by atoms with Gasteiger partial charge in [0.05, 0.1) is 10.2 Å². The summed E-state index contributed by atoms with van der Waals surface area (Å²) in [6.07, 6.45) is 0. The normalized spacial score (nSPS) is 3.79. The molecule has 19 heavy (non-hydrogen) atoms. The van der Waals surface area contributed by atoms with Crippen LogP contribution in [0.5, 0.6) is 0 Å². The fourth-order valence-electron chi connectivity index (χ4n) is 0. The molecular weight excluding hydrogens is 371 g/mol. The van der Waals surface area contributed by atoms with Gasteiger partial charge in [-0.1, -0.05) is 0 Å². The molecule has 1 radical (unpaired) electrons. The third kappa shape index (κ3) is 1460.